The molecule has 0 saturated heterocycles. The quantitative estimate of drug-likeness (QED) is 0.726. The van der Waals surface area contributed by atoms with Gasteiger partial charge in [-0.05, 0) is 25.1 Å². The molecule has 0 bridgehead atoms. The summed E-state index contributed by atoms with van der Waals surface area (Å²) in [5.41, 5.74) is 0.930. The van der Waals surface area contributed by atoms with Gasteiger partial charge in [-0.3, -0.25) is 4.79 Å². The SMILES string of the molecule is C=CCNC(=O)C(C)Oc1ccc(Cl)cc1CNC(C)C. The fourth-order valence-electron chi connectivity index (χ4n) is 1.68. The van der Waals surface area contributed by atoms with Crippen LogP contribution in [0.5, 0.6) is 5.75 Å². The number of carbonyl (C=O) groups excluding carboxylic acids is 1. The Morgan fingerprint density at radius 3 is 2.76 bits per heavy atom. The second-order valence-electron chi connectivity index (χ2n) is 5.08. The maximum Gasteiger partial charge on any atom is 0.261 e. The van der Waals surface area contributed by atoms with Crippen LogP contribution in [0.25, 0.3) is 0 Å². The van der Waals surface area contributed by atoms with Gasteiger partial charge in [0, 0.05) is 29.7 Å². The van der Waals surface area contributed by atoms with Crippen molar-refractivity contribution in [2.75, 3.05) is 6.54 Å². The molecule has 0 aromatic heterocycles. The molecule has 1 aromatic rings. The second kappa shape index (κ2) is 8.70. The van der Waals surface area contributed by atoms with Crippen LogP contribution in [0, 0.1) is 0 Å². The standard InChI is InChI=1S/C16H23ClN2O2/c1-5-8-18-16(20)12(4)21-15-7-6-14(17)9-13(15)10-19-11(2)3/h5-7,9,11-12,19H,1,8,10H2,2-4H3,(H,18,20). The number of hydrogen-bond acceptors (Lipinski definition) is 3. The molecule has 0 saturated carbocycles. The smallest absolute Gasteiger partial charge is 0.261 e. The molecule has 0 aliphatic heterocycles. The second-order valence-corrected chi connectivity index (χ2v) is 5.52. The molecular weight excluding hydrogens is 288 g/mol. The van der Waals surface area contributed by atoms with Crippen LogP contribution in [0.15, 0.2) is 30.9 Å². The number of benzene rings is 1. The molecule has 1 aromatic carbocycles. The van der Waals surface area contributed by atoms with Crippen LogP contribution in [0.2, 0.25) is 5.02 Å². The summed E-state index contributed by atoms with van der Waals surface area (Å²) in [6, 6.07) is 5.74. The maximum atomic E-state index is 11.8. The van der Waals surface area contributed by atoms with Crippen LogP contribution in [-0.4, -0.2) is 24.6 Å². The van der Waals surface area contributed by atoms with Crippen LogP contribution in [0.4, 0.5) is 0 Å². The van der Waals surface area contributed by atoms with E-state index in [4.69, 9.17) is 16.3 Å². The monoisotopic (exact) mass is 310 g/mol. The first-order valence-corrected chi connectivity index (χ1v) is 7.39. The number of carbonyl (C=O) groups is 1. The van der Waals surface area contributed by atoms with Crippen molar-refractivity contribution in [1.82, 2.24) is 10.6 Å². The highest BCUT2D eigenvalue weighted by molar-refractivity contribution is 6.30. The summed E-state index contributed by atoms with van der Waals surface area (Å²) in [4.78, 5) is 11.8. The highest BCUT2D eigenvalue weighted by Gasteiger charge is 2.16. The summed E-state index contributed by atoms with van der Waals surface area (Å²) in [6.45, 7) is 10.5. The Balaban J connectivity index is 2.76. The van der Waals surface area contributed by atoms with Crippen LogP contribution in [-0.2, 0) is 11.3 Å². The highest BCUT2D eigenvalue weighted by Crippen LogP contribution is 2.24. The average Bonchev–Trinajstić information content (AvgIpc) is 2.44. The number of hydrogen-bond donors (Lipinski definition) is 2. The van der Waals surface area contributed by atoms with Crippen molar-refractivity contribution in [3.63, 3.8) is 0 Å². The van der Waals surface area contributed by atoms with Gasteiger partial charge in [0.05, 0.1) is 0 Å². The predicted octanol–water partition coefficient (Wildman–Crippen LogP) is 2.91. The molecule has 0 spiro atoms. The molecule has 1 unspecified atom stereocenters. The molecule has 0 radical (unpaired) electrons. The Kier molecular flexibility index (Phi) is 7.26. The first-order chi connectivity index (χ1) is 9.93. The van der Waals surface area contributed by atoms with E-state index in [0.29, 0.717) is 29.9 Å². The highest BCUT2D eigenvalue weighted by atomic mass is 35.5. The van der Waals surface area contributed by atoms with Gasteiger partial charge >= 0.3 is 0 Å². The number of rotatable bonds is 8. The van der Waals surface area contributed by atoms with Crippen LogP contribution in [0.3, 0.4) is 0 Å². The molecule has 1 rings (SSSR count). The maximum absolute atomic E-state index is 11.8. The molecule has 1 amide bonds. The minimum atomic E-state index is -0.580. The average molecular weight is 311 g/mol. The Hall–Kier alpha value is -1.52. The molecule has 4 nitrogen and oxygen atoms in total. The largest absolute Gasteiger partial charge is 0.481 e. The zero-order valence-corrected chi connectivity index (χ0v) is 13.5. The lowest BCUT2D eigenvalue weighted by Crippen LogP contribution is -2.36. The van der Waals surface area contributed by atoms with Crippen molar-refractivity contribution < 1.29 is 9.53 Å². The van der Waals surface area contributed by atoms with Gasteiger partial charge < -0.3 is 15.4 Å². The molecule has 0 fully saturated rings. The Morgan fingerprint density at radius 1 is 1.43 bits per heavy atom. The van der Waals surface area contributed by atoms with Crippen molar-refractivity contribution in [3.8, 4) is 5.75 Å². The molecule has 0 heterocycles. The van der Waals surface area contributed by atoms with Crippen molar-refractivity contribution in [1.29, 1.82) is 0 Å². The molecule has 0 aliphatic carbocycles. The third-order valence-electron chi connectivity index (χ3n) is 2.82. The van der Waals surface area contributed by atoms with Gasteiger partial charge in [-0.2, -0.15) is 0 Å². The van der Waals surface area contributed by atoms with E-state index in [0.717, 1.165) is 5.56 Å². The van der Waals surface area contributed by atoms with Crippen LogP contribution in [0.1, 0.15) is 26.3 Å². The number of halogens is 1. The first-order valence-electron chi connectivity index (χ1n) is 7.01. The number of nitrogens with one attached hydrogen (secondary N) is 2. The van der Waals surface area contributed by atoms with Gasteiger partial charge in [-0.15, -0.1) is 6.58 Å². The van der Waals surface area contributed by atoms with Gasteiger partial charge in [0.1, 0.15) is 5.75 Å². The lowest BCUT2D eigenvalue weighted by atomic mass is 10.2. The number of ether oxygens (including phenoxy) is 1. The van der Waals surface area contributed by atoms with Crippen molar-refractivity contribution in [2.24, 2.45) is 0 Å². The summed E-state index contributed by atoms with van der Waals surface area (Å²) in [6.07, 6.45) is 1.05. The predicted molar refractivity (Wildman–Crippen MR) is 86.7 cm³/mol. The van der Waals surface area contributed by atoms with E-state index in [9.17, 15) is 4.79 Å². The molecule has 2 N–H and O–H groups in total. The van der Waals surface area contributed by atoms with E-state index < -0.39 is 6.10 Å². The van der Waals surface area contributed by atoms with Gasteiger partial charge in [0.25, 0.3) is 5.91 Å². The third-order valence-corrected chi connectivity index (χ3v) is 3.05. The fourth-order valence-corrected chi connectivity index (χ4v) is 1.87. The van der Waals surface area contributed by atoms with Gasteiger partial charge in [0.15, 0.2) is 6.10 Å². The first kappa shape index (κ1) is 17.5. The lowest BCUT2D eigenvalue weighted by molar-refractivity contribution is -0.127. The summed E-state index contributed by atoms with van der Waals surface area (Å²) >= 11 is 6.03. The van der Waals surface area contributed by atoms with Gasteiger partial charge in [0.2, 0.25) is 0 Å². The summed E-state index contributed by atoms with van der Waals surface area (Å²) in [5, 5.41) is 6.67. The zero-order valence-electron chi connectivity index (χ0n) is 12.8. The summed E-state index contributed by atoms with van der Waals surface area (Å²) in [7, 11) is 0. The number of amides is 1. The Bertz CT molecular complexity index is 489. The van der Waals surface area contributed by atoms with Crippen molar-refractivity contribution >= 4 is 17.5 Å². The third kappa shape index (κ3) is 6.19. The zero-order chi connectivity index (χ0) is 15.8. The minimum Gasteiger partial charge on any atom is -0.481 e. The van der Waals surface area contributed by atoms with E-state index >= 15 is 0 Å². The van der Waals surface area contributed by atoms with E-state index in [1.165, 1.54) is 0 Å². The lowest BCUT2D eigenvalue weighted by Gasteiger charge is -2.18. The molecule has 0 aliphatic rings. The van der Waals surface area contributed by atoms with Gasteiger partial charge in [-0.1, -0.05) is 31.5 Å². The summed E-state index contributed by atoms with van der Waals surface area (Å²) in [5.74, 6) is 0.487. The van der Waals surface area contributed by atoms with E-state index in [-0.39, 0.29) is 5.91 Å². The minimum absolute atomic E-state index is 0.174. The Morgan fingerprint density at radius 2 is 2.14 bits per heavy atom. The molecule has 5 heteroatoms. The van der Waals surface area contributed by atoms with E-state index in [2.05, 4.69) is 31.1 Å². The molecule has 116 valence electrons. The topological polar surface area (TPSA) is 50.4 Å². The van der Waals surface area contributed by atoms with Gasteiger partial charge in [-0.25, -0.2) is 0 Å². The fraction of sp³-hybridized carbons (Fsp3) is 0.438. The van der Waals surface area contributed by atoms with E-state index in [1.54, 1.807) is 25.1 Å². The molecular formula is C16H23ClN2O2. The van der Waals surface area contributed by atoms with Crippen LogP contribution >= 0.6 is 11.6 Å². The molecule has 1 atom stereocenters. The Labute approximate surface area is 131 Å². The van der Waals surface area contributed by atoms with E-state index in [1.807, 2.05) is 6.07 Å². The molecule has 21 heavy (non-hydrogen) atoms. The van der Waals surface area contributed by atoms with Crippen molar-refractivity contribution in [2.45, 2.75) is 39.5 Å². The van der Waals surface area contributed by atoms with Crippen LogP contribution < -0.4 is 15.4 Å². The van der Waals surface area contributed by atoms with Crippen molar-refractivity contribution in [3.05, 3.63) is 41.4 Å². The normalized spacial score (nSPS) is 12.0. The summed E-state index contributed by atoms with van der Waals surface area (Å²) < 4.78 is 5.75.